The van der Waals surface area contributed by atoms with Gasteiger partial charge in [0.1, 0.15) is 5.69 Å². The second-order valence-electron chi connectivity index (χ2n) is 4.52. The number of rotatable bonds is 2. The van der Waals surface area contributed by atoms with Crippen LogP contribution in [-0.2, 0) is 0 Å². The van der Waals surface area contributed by atoms with Crippen molar-refractivity contribution in [1.29, 1.82) is 0 Å². The van der Waals surface area contributed by atoms with Gasteiger partial charge in [-0.3, -0.25) is 15.0 Å². The summed E-state index contributed by atoms with van der Waals surface area (Å²) in [5, 5.41) is 9.69. The van der Waals surface area contributed by atoms with E-state index in [2.05, 4.69) is 21.8 Å². The first-order chi connectivity index (χ1) is 8.58. The Morgan fingerprint density at radius 1 is 1.39 bits per heavy atom. The zero-order valence-electron chi connectivity index (χ0n) is 10.7. The van der Waals surface area contributed by atoms with Crippen molar-refractivity contribution >= 4 is 11.6 Å². The number of anilines is 1. The third-order valence-corrected chi connectivity index (χ3v) is 3.12. The highest BCUT2D eigenvalue weighted by molar-refractivity contribution is 5.92. The van der Waals surface area contributed by atoms with E-state index in [0.717, 1.165) is 31.9 Å². The molecule has 0 radical (unpaired) electrons. The van der Waals surface area contributed by atoms with Crippen molar-refractivity contribution < 1.29 is 10.0 Å². The van der Waals surface area contributed by atoms with E-state index in [1.165, 1.54) is 7.05 Å². The highest BCUT2D eigenvalue weighted by atomic mass is 16.5. The number of pyridine rings is 1. The molecule has 1 saturated heterocycles. The maximum Gasteiger partial charge on any atom is 0.295 e. The molecule has 1 aromatic heterocycles. The predicted octanol–water partition coefficient (Wildman–Crippen LogP) is 0.295. The number of hydrogen-bond acceptors (Lipinski definition) is 5. The van der Waals surface area contributed by atoms with Gasteiger partial charge in [0.05, 0.1) is 0 Å². The lowest BCUT2D eigenvalue weighted by atomic mass is 10.2. The van der Waals surface area contributed by atoms with Crippen molar-refractivity contribution in [2.24, 2.45) is 0 Å². The minimum atomic E-state index is -0.494. The summed E-state index contributed by atoms with van der Waals surface area (Å²) in [6.07, 6.45) is 1.60. The van der Waals surface area contributed by atoms with E-state index in [-0.39, 0.29) is 5.69 Å². The molecule has 1 fully saturated rings. The molecule has 1 aliphatic heterocycles. The van der Waals surface area contributed by atoms with Gasteiger partial charge in [-0.25, -0.2) is 5.06 Å². The fraction of sp³-hybridized carbons (Fsp3) is 0.500. The minimum Gasteiger partial charge on any atom is -0.369 e. The van der Waals surface area contributed by atoms with E-state index in [1.54, 1.807) is 12.3 Å². The summed E-state index contributed by atoms with van der Waals surface area (Å²) < 4.78 is 0. The monoisotopic (exact) mass is 250 g/mol. The first-order valence-electron chi connectivity index (χ1n) is 5.94. The third kappa shape index (κ3) is 2.77. The standard InChI is InChI=1S/C12H18N4O2/c1-14-5-7-16(8-6-14)10-3-4-13-11(9-10)12(17)15(2)18/h3-4,9,18H,5-8H2,1-2H3. The topological polar surface area (TPSA) is 59.9 Å². The summed E-state index contributed by atoms with van der Waals surface area (Å²) in [5.41, 5.74) is 1.24. The predicted molar refractivity (Wildman–Crippen MR) is 67.8 cm³/mol. The molecule has 2 heterocycles. The molecule has 98 valence electrons. The number of hydrogen-bond donors (Lipinski definition) is 1. The van der Waals surface area contributed by atoms with Gasteiger partial charge in [0.15, 0.2) is 0 Å². The lowest BCUT2D eigenvalue weighted by Gasteiger charge is -2.34. The number of hydroxylamine groups is 2. The molecule has 0 aromatic carbocycles. The van der Waals surface area contributed by atoms with Gasteiger partial charge in [0, 0.05) is 45.1 Å². The Morgan fingerprint density at radius 3 is 2.67 bits per heavy atom. The smallest absolute Gasteiger partial charge is 0.295 e. The van der Waals surface area contributed by atoms with Gasteiger partial charge in [0.25, 0.3) is 5.91 Å². The van der Waals surface area contributed by atoms with Crippen LogP contribution in [-0.4, -0.2) is 66.3 Å². The maximum absolute atomic E-state index is 11.6. The molecule has 1 aliphatic rings. The number of nitrogens with zero attached hydrogens (tertiary/aromatic N) is 4. The van der Waals surface area contributed by atoms with Gasteiger partial charge in [-0.1, -0.05) is 0 Å². The van der Waals surface area contributed by atoms with Crippen LogP contribution < -0.4 is 4.90 Å². The van der Waals surface area contributed by atoms with Crippen molar-refractivity contribution in [1.82, 2.24) is 14.9 Å². The average Bonchev–Trinajstić information content (AvgIpc) is 2.38. The Morgan fingerprint density at radius 2 is 2.06 bits per heavy atom. The molecular formula is C12H18N4O2. The van der Waals surface area contributed by atoms with Gasteiger partial charge in [-0.05, 0) is 19.2 Å². The summed E-state index contributed by atoms with van der Waals surface area (Å²) in [4.78, 5) is 20.1. The fourth-order valence-electron chi connectivity index (χ4n) is 1.96. The van der Waals surface area contributed by atoms with E-state index in [0.29, 0.717) is 5.06 Å². The Hall–Kier alpha value is -1.66. The molecule has 1 aromatic rings. The number of amides is 1. The third-order valence-electron chi connectivity index (χ3n) is 3.12. The number of likely N-dealkylation sites (N-methyl/N-ethyl adjacent to an activating group) is 1. The van der Waals surface area contributed by atoms with Gasteiger partial charge < -0.3 is 9.80 Å². The lowest BCUT2D eigenvalue weighted by Crippen LogP contribution is -2.44. The van der Waals surface area contributed by atoms with Gasteiger partial charge in [-0.2, -0.15) is 0 Å². The highest BCUT2D eigenvalue weighted by Crippen LogP contribution is 2.16. The van der Waals surface area contributed by atoms with E-state index in [4.69, 9.17) is 5.21 Å². The van der Waals surface area contributed by atoms with E-state index >= 15 is 0 Å². The minimum absolute atomic E-state index is 0.261. The van der Waals surface area contributed by atoms with Crippen molar-refractivity contribution in [3.05, 3.63) is 24.0 Å². The molecule has 18 heavy (non-hydrogen) atoms. The molecule has 1 N–H and O–H groups in total. The lowest BCUT2D eigenvalue weighted by molar-refractivity contribution is -0.0379. The molecular weight excluding hydrogens is 232 g/mol. The second-order valence-corrected chi connectivity index (χ2v) is 4.52. The zero-order valence-corrected chi connectivity index (χ0v) is 10.7. The van der Waals surface area contributed by atoms with Crippen molar-refractivity contribution in [2.75, 3.05) is 45.2 Å². The van der Waals surface area contributed by atoms with Crippen molar-refractivity contribution in [2.45, 2.75) is 0 Å². The van der Waals surface area contributed by atoms with Crippen LogP contribution in [0.3, 0.4) is 0 Å². The van der Waals surface area contributed by atoms with Gasteiger partial charge >= 0.3 is 0 Å². The Kier molecular flexibility index (Phi) is 3.78. The van der Waals surface area contributed by atoms with Crippen LogP contribution in [0, 0.1) is 0 Å². The Bertz CT molecular complexity index is 428. The molecule has 1 amide bonds. The maximum atomic E-state index is 11.6. The number of piperazine rings is 1. The molecule has 0 aliphatic carbocycles. The van der Waals surface area contributed by atoms with E-state index in [1.807, 2.05) is 6.07 Å². The van der Waals surface area contributed by atoms with E-state index < -0.39 is 5.91 Å². The largest absolute Gasteiger partial charge is 0.369 e. The second kappa shape index (κ2) is 5.32. The summed E-state index contributed by atoms with van der Waals surface area (Å²) in [7, 11) is 3.39. The average molecular weight is 250 g/mol. The van der Waals surface area contributed by atoms with Crippen LogP contribution in [0.15, 0.2) is 18.3 Å². The normalized spacial score (nSPS) is 16.7. The van der Waals surface area contributed by atoms with Crippen LogP contribution in [0.4, 0.5) is 5.69 Å². The highest BCUT2D eigenvalue weighted by Gasteiger charge is 2.17. The van der Waals surface area contributed by atoms with Crippen LogP contribution in [0.2, 0.25) is 0 Å². The van der Waals surface area contributed by atoms with Crippen LogP contribution in [0.25, 0.3) is 0 Å². The Labute approximate surface area is 106 Å². The fourth-order valence-corrected chi connectivity index (χ4v) is 1.96. The summed E-state index contributed by atoms with van der Waals surface area (Å²) in [5.74, 6) is -0.494. The van der Waals surface area contributed by atoms with Crippen LogP contribution >= 0.6 is 0 Å². The summed E-state index contributed by atoms with van der Waals surface area (Å²) in [6, 6.07) is 3.61. The zero-order chi connectivity index (χ0) is 13.1. The molecule has 2 rings (SSSR count). The van der Waals surface area contributed by atoms with Crippen molar-refractivity contribution in [3.8, 4) is 0 Å². The van der Waals surface area contributed by atoms with Gasteiger partial charge in [-0.15, -0.1) is 0 Å². The quantitative estimate of drug-likeness (QED) is 0.604. The first-order valence-corrected chi connectivity index (χ1v) is 5.94. The van der Waals surface area contributed by atoms with Crippen molar-refractivity contribution in [3.63, 3.8) is 0 Å². The summed E-state index contributed by atoms with van der Waals surface area (Å²) in [6.45, 7) is 3.88. The molecule has 0 atom stereocenters. The van der Waals surface area contributed by atoms with Gasteiger partial charge in [0.2, 0.25) is 0 Å². The number of aromatic nitrogens is 1. The molecule has 0 spiro atoms. The molecule has 0 bridgehead atoms. The summed E-state index contributed by atoms with van der Waals surface area (Å²) >= 11 is 0. The Balaban J connectivity index is 2.14. The van der Waals surface area contributed by atoms with Crippen LogP contribution in [0.1, 0.15) is 10.5 Å². The number of carbonyl (C=O) groups excluding carboxylic acids is 1. The molecule has 0 saturated carbocycles. The molecule has 6 heteroatoms. The molecule has 6 nitrogen and oxygen atoms in total. The first kappa shape index (κ1) is 12.8. The number of carbonyl (C=O) groups is 1. The van der Waals surface area contributed by atoms with E-state index in [9.17, 15) is 4.79 Å². The van der Waals surface area contributed by atoms with Crippen LogP contribution in [0.5, 0.6) is 0 Å². The molecule has 0 unspecified atom stereocenters. The SMILES string of the molecule is CN1CCN(c2ccnc(C(=O)N(C)O)c2)CC1.